The van der Waals surface area contributed by atoms with E-state index < -0.39 is 0 Å². The van der Waals surface area contributed by atoms with Crippen LogP contribution in [0.15, 0.2) is 194 Å². The number of benzene rings is 10. The van der Waals surface area contributed by atoms with Gasteiger partial charge in [-0.3, -0.25) is 0 Å². The second-order valence-electron chi connectivity index (χ2n) is 14.4. The van der Waals surface area contributed by atoms with E-state index in [1.165, 1.54) is 65.3 Å². The zero-order valence-corrected chi connectivity index (χ0v) is 29.9. The van der Waals surface area contributed by atoms with Crippen LogP contribution < -0.4 is 0 Å². The van der Waals surface area contributed by atoms with Crippen molar-refractivity contribution in [1.29, 1.82) is 5.26 Å². The highest BCUT2D eigenvalue weighted by Crippen LogP contribution is 2.48. The van der Waals surface area contributed by atoms with E-state index in [0.29, 0.717) is 5.56 Å². The first kappa shape index (κ1) is 31.1. The highest BCUT2D eigenvalue weighted by Gasteiger charge is 2.21. The van der Waals surface area contributed by atoms with Gasteiger partial charge in [-0.25, -0.2) is 0 Å². The summed E-state index contributed by atoms with van der Waals surface area (Å²) >= 11 is 0. The van der Waals surface area contributed by atoms with E-state index in [-0.39, 0.29) is 0 Å². The van der Waals surface area contributed by atoms with Crippen molar-refractivity contribution >= 4 is 64.9 Å². The molecule has 0 aliphatic rings. The van der Waals surface area contributed by atoms with E-state index in [9.17, 15) is 5.26 Å². The van der Waals surface area contributed by atoms with Gasteiger partial charge < -0.3 is 4.57 Å². The number of hydrogen-bond donors (Lipinski definition) is 0. The molecule has 10 aromatic carbocycles. The molecule has 11 aromatic rings. The molecule has 0 saturated heterocycles. The molecule has 254 valence electrons. The zero-order valence-electron chi connectivity index (χ0n) is 29.9. The lowest BCUT2D eigenvalue weighted by Gasteiger charge is -2.20. The Morgan fingerprint density at radius 2 is 0.873 bits per heavy atom. The molecule has 1 heterocycles. The third kappa shape index (κ3) is 4.81. The summed E-state index contributed by atoms with van der Waals surface area (Å²) in [4.78, 5) is 0. The third-order valence-electron chi connectivity index (χ3n) is 11.4. The molecule has 0 aliphatic heterocycles. The van der Waals surface area contributed by atoms with Crippen LogP contribution in [0.4, 0.5) is 0 Å². The summed E-state index contributed by atoms with van der Waals surface area (Å²) in [6.45, 7) is 0. The van der Waals surface area contributed by atoms with Gasteiger partial charge in [0, 0.05) is 16.5 Å². The molecule has 0 amide bonds. The van der Waals surface area contributed by atoms with E-state index in [1.807, 2.05) is 12.1 Å². The van der Waals surface area contributed by atoms with Gasteiger partial charge in [0.05, 0.1) is 22.7 Å². The average molecular weight is 697 g/mol. The van der Waals surface area contributed by atoms with Crippen molar-refractivity contribution < 1.29 is 0 Å². The van der Waals surface area contributed by atoms with Crippen molar-refractivity contribution in [2.75, 3.05) is 0 Å². The molecule has 55 heavy (non-hydrogen) atoms. The molecule has 2 heteroatoms. The molecule has 0 spiro atoms. The van der Waals surface area contributed by atoms with Gasteiger partial charge in [0.2, 0.25) is 0 Å². The molecule has 0 fully saturated rings. The smallest absolute Gasteiger partial charge is 0.0991 e. The molecule has 0 saturated carbocycles. The summed E-state index contributed by atoms with van der Waals surface area (Å²) in [6, 6.07) is 72.4. The first-order valence-corrected chi connectivity index (χ1v) is 18.7. The fraction of sp³-hybridized carbons (Fsp3) is 0. The quantitative estimate of drug-likeness (QED) is 0.168. The number of nitrogens with zero attached hydrogens (tertiary/aromatic N) is 2. The normalized spacial score (nSPS) is 11.6. The SMILES string of the molecule is N#Cc1ccc2c(c1)c1ccc(-c3ccc4c(-c5cccc6ccccc56)c5ccccc5c(-c5cccc6ccccc56)c4c3)cc1n2-c1ccccc1. The topological polar surface area (TPSA) is 28.7 Å². The fourth-order valence-electron chi connectivity index (χ4n) is 8.95. The molecule has 0 bridgehead atoms. The molecule has 0 aliphatic carbocycles. The van der Waals surface area contributed by atoms with Gasteiger partial charge in [0.25, 0.3) is 0 Å². The van der Waals surface area contributed by atoms with Crippen LogP contribution >= 0.6 is 0 Å². The number of aromatic nitrogens is 1. The van der Waals surface area contributed by atoms with Crippen molar-refractivity contribution in [1.82, 2.24) is 4.57 Å². The summed E-state index contributed by atoms with van der Waals surface area (Å²) in [6.07, 6.45) is 0. The van der Waals surface area contributed by atoms with Crippen LogP contribution in [0.3, 0.4) is 0 Å². The predicted molar refractivity (Wildman–Crippen MR) is 232 cm³/mol. The third-order valence-corrected chi connectivity index (χ3v) is 11.4. The van der Waals surface area contributed by atoms with Gasteiger partial charge in [0.15, 0.2) is 0 Å². The predicted octanol–water partition coefficient (Wildman–Crippen LogP) is 14.3. The minimum atomic E-state index is 0.661. The second kappa shape index (κ2) is 12.3. The molecule has 0 radical (unpaired) electrons. The minimum Gasteiger partial charge on any atom is -0.309 e. The van der Waals surface area contributed by atoms with Crippen molar-refractivity contribution in [3.63, 3.8) is 0 Å². The lowest BCUT2D eigenvalue weighted by Crippen LogP contribution is -1.94. The van der Waals surface area contributed by atoms with Crippen LogP contribution in [0.2, 0.25) is 0 Å². The highest BCUT2D eigenvalue weighted by molar-refractivity contribution is 6.25. The molecular weight excluding hydrogens is 665 g/mol. The van der Waals surface area contributed by atoms with Crippen molar-refractivity contribution in [2.24, 2.45) is 0 Å². The van der Waals surface area contributed by atoms with E-state index in [1.54, 1.807) is 0 Å². The summed E-state index contributed by atoms with van der Waals surface area (Å²) in [5.41, 5.74) is 11.2. The average Bonchev–Trinajstić information content (AvgIpc) is 3.58. The van der Waals surface area contributed by atoms with Crippen molar-refractivity contribution in [3.05, 3.63) is 200 Å². The van der Waals surface area contributed by atoms with Crippen LogP contribution in [0.5, 0.6) is 0 Å². The molecule has 1 aromatic heterocycles. The number of hydrogen-bond acceptors (Lipinski definition) is 1. The van der Waals surface area contributed by atoms with Crippen LogP contribution in [0.25, 0.3) is 104 Å². The number of nitriles is 1. The van der Waals surface area contributed by atoms with Gasteiger partial charge >= 0.3 is 0 Å². The number of fused-ring (bicyclic) bond motifs is 7. The van der Waals surface area contributed by atoms with Crippen molar-refractivity contribution in [3.8, 4) is 45.1 Å². The highest BCUT2D eigenvalue weighted by atomic mass is 15.0. The van der Waals surface area contributed by atoms with E-state index in [2.05, 4.69) is 193 Å². The number of rotatable bonds is 4. The van der Waals surface area contributed by atoms with Crippen LogP contribution in [0, 0.1) is 11.3 Å². The summed E-state index contributed by atoms with van der Waals surface area (Å²) in [5.74, 6) is 0. The second-order valence-corrected chi connectivity index (χ2v) is 14.4. The molecule has 0 atom stereocenters. The maximum atomic E-state index is 9.79. The van der Waals surface area contributed by atoms with Gasteiger partial charge in [0.1, 0.15) is 0 Å². The molecule has 11 rings (SSSR count). The van der Waals surface area contributed by atoms with Crippen molar-refractivity contribution in [2.45, 2.75) is 0 Å². The Hall–Kier alpha value is -7.47. The summed E-state index contributed by atoms with van der Waals surface area (Å²) in [7, 11) is 0. The Bertz CT molecular complexity index is 3370. The summed E-state index contributed by atoms with van der Waals surface area (Å²) in [5, 5.41) is 21.9. The lowest BCUT2D eigenvalue weighted by atomic mass is 9.83. The molecule has 0 unspecified atom stereocenters. The van der Waals surface area contributed by atoms with Crippen LogP contribution in [0.1, 0.15) is 5.56 Å². The van der Waals surface area contributed by atoms with Gasteiger partial charge in [-0.15, -0.1) is 0 Å². The lowest BCUT2D eigenvalue weighted by molar-refractivity contribution is 1.18. The largest absolute Gasteiger partial charge is 0.309 e. The Balaban J connectivity index is 1.25. The zero-order chi connectivity index (χ0) is 36.5. The van der Waals surface area contributed by atoms with E-state index in [0.717, 1.165) is 38.6 Å². The molecule has 0 N–H and O–H groups in total. The minimum absolute atomic E-state index is 0.661. The Morgan fingerprint density at radius 1 is 0.345 bits per heavy atom. The van der Waals surface area contributed by atoms with E-state index in [4.69, 9.17) is 0 Å². The molecule has 2 nitrogen and oxygen atoms in total. The standard InChI is InChI=1S/C53H32N2/c54-33-34-24-29-50-48(30-34)42-27-25-38(32-51(42)55(50)39-16-2-1-3-17-39)37-26-28-47-49(31-37)53(44-23-11-15-36-13-5-7-19-41(36)44)46-21-9-8-20-45(46)52(47)43-22-10-14-35-12-4-6-18-40(35)43/h1-32H. The monoisotopic (exact) mass is 696 g/mol. The van der Waals surface area contributed by atoms with E-state index >= 15 is 0 Å². The van der Waals surface area contributed by atoms with Gasteiger partial charge in [-0.2, -0.15) is 5.26 Å². The first-order chi connectivity index (χ1) is 27.2. The summed E-state index contributed by atoms with van der Waals surface area (Å²) < 4.78 is 2.32. The Labute approximate surface area is 318 Å². The van der Waals surface area contributed by atoms with Gasteiger partial charge in [-0.05, 0) is 119 Å². The van der Waals surface area contributed by atoms with Gasteiger partial charge in [-0.1, -0.05) is 152 Å². The number of para-hydroxylation sites is 1. The maximum Gasteiger partial charge on any atom is 0.0991 e. The van der Waals surface area contributed by atoms with Crippen LogP contribution in [-0.4, -0.2) is 4.57 Å². The maximum absolute atomic E-state index is 9.79. The Kier molecular flexibility index (Phi) is 6.96. The fourth-order valence-corrected chi connectivity index (χ4v) is 8.95. The molecular formula is C53H32N2. The van der Waals surface area contributed by atoms with Crippen LogP contribution in [-0.2, 0) is 0 Å². The Morgan fingerprint density at radius 3 is 1.53 bits per heavy atom. The first-order valence-electron chi connectivity index (χ1n) is 18.7.